The zero-order chi connectivity index (χ0) is 13.5. The number of nitrogens with zero attached hydrogens (tertiary/aromatic N) is 1. The second-order valence-electron chi connectivity index (χ2n) is 5.23. The first-order valence-electron chi connectivity index (χ1n) is 6.58. The van der Waals surface area contributed by atoms with E-state index in [9.17, 15) is 0 Å². The first-order valence-corrected chi connectivity index (χ1v) is 7.39. The van der Waals surface area contributed by atoms with Crippen molar-refractivity contribution in [2.75, 3.05) is 24.7 Å². The minimum Gasteiger partial charge on any atom is -0.397 e. The highest BCUT2D eigenvalue weighted by molar-refractivity contribution is 7.18. The Morgan fingerprint density at radius 3 is 2.89 bits per heavy atom. The van der Waals surface area contributed by atoms with Gasteiger partial charge in [-0.25, -0.2) is 4.98 Å². The molecule has 1 heterocycles. The van der Waals surface area contributed by atoms with Crippen LogP contribution in [0.5, 0.6) is 0 Å². The normalized spacial score (nSPS) is 17.4. The lowest BCUT2D eigenvalue weighted by Gasteiger charge is -2.40. The molecule has 0 spiro atoms. The first kappa shape index (κ1) is 12.7. The van der Waals surface area contributed by atoms with Crippen molar-refractivity contribution in [1.29, 1.82) is 0 Å². The quantitative estimate of drug-likeness (QED) is 0.843. The molecule has 1 aromatic carbocycles. The van der Waals surface area contributed by atoms with Crippen LogP contribution in [0.2, 0.25) is 0 Å². The highest BCUT2D eigenvalue weighted by Crippen LogP contribution is 2.36. The fraction of sp³-hybridized carbons (Fsp3) is 0.500. The summed E-state index contributed by atoms with van der Waals surface area (Å²) >= 11 is 1.68. The van der Waals surface area contributed by atoms with Gasteiger partial charge in [-0.2, -0.15) is 0 Å². The van der Waals surface area contributed by atoms with Crippen molar-refractivity contribution in [3.8, 4) is 0 Å². The van der Waals surface area contributed by atoms with E-state index >= 15 is 0 Å². The summed E-state index contributed by atoms with van der Waals surface area (Å²) in [5, 5.41) is 4.49. The smallest absolute Gasteiger partial charge is 0.0907 e. The van der Waals surface area contributed by atoms with Crippen molar-refractivity contribution < 1.29 is 4.74 Å². The third-order valence-electron chi connectivity index (χ3n) is 3.97. The fourth-order valence-corrected chi connectivity index (χ4v) is 3.40. The summed E-state index contributed by atoms with van der Waals surface area (Å²) in [7, 11) is 1.79. The van der Waals surface area contributed by atoms with Gasteiger partial charge in [-0.3, -0.25) is 0 Å². The average Bonchev–Trinajstić information content (AvgIpc) is 2.67. The number of nitrogens with one attached hydrogen (secondary N) is 1. The second kappa shape index (κ2) is 4.65. The molecule has 2 aromatic rings. The van der Waals surface area contributed by atoms with Crippen LogP contribution in [-0.4, -0.2) is 24.2 Å². The van der Waals surface area contributed by atoms with Crippen molar-refractivity contribution in [3.05, 3.63) is 17.1 Å². The Morgan fingerprint density at radius 2 is 2.26 bits per heavy atom. The van der Waals surface area contributed by atoms with E-state index in [-0.39, 0.29) is 5.60 Å². The number of nitrogen functional groups attached to an aromatic ring is 1. The van der Waals surface area contributed by atoms with E-state index in [0.29, 0.717) is 0 Å². The summed E-state index contributed by atoms with van der Waals surface area (Å²) in [4.78, 5) is 4.51. The Balaban J connectivity index is 1.82. The standard InChI is InChI=1S/C14H19N3OS/c1-9-17-12-7-11(10(15)6-13(12)19-9)16-8-14(18-2)4-3-5-14/h6-7,16H,3-5,8,15H2,1-2H3. The molecule has 1 saturated carbocycles. The van der Waals surface area contributed by atoms with E-state index in [0.717, 1.165) is 46.0 Å². The molecule has 3 rings (SSSR count). The molecule has 19 heavy (non-hydrogen) atoms. The molecule has 1 aliphatic carbocycles. The van der Waals surface area contributed by atoms with Gasteiger partial charge in [0.05, 0.1) is 32.2 Å². The molecule has 0 unspecified atom stereocenters. The first-order chi connectivity index (χ1) is 9.12. The molecule has 3 N–H and O–H groups in total. The Hall–Kier alpha value is -1.33. The number of fused-ring (bicyclic) bond motifs is 1. The third kappa shape index (κ3) is 2.28. The molecule has 0 bridgehead atoms. The minimum atomic E-state index is -0.000607. The zero-order valence-electron chi connectivity index (χ0n) is 11.3. The molecule has 5 heteroatoms. The number of methoxy groups -OCH3 is 1. The van der Waals surface area contributed by atoms with E-state index in [2.05, 4.69) is 10.3 Å². The third-order valence-corrected chi connectivity index (χ3v) is 4.90. The molecule has 0 radical (unpaired) electrons. The SMILES string of the molecule is COC1(CNc2cc3nc(C)sc3cc2N)CCC1. The Labute approximate surface area is 117 Å². The van der Waals surface area contributed by atoms with Gasteiger partial charge in [-0.05, 0) is 38.3 Å². The molecule has 102 valence electrons. The maximum absolute atomic E-state index is 6.10. The molecule has 4 nitrogen and oxygen atoms in total. The number of thiazole rings is 1. The van der Waals surface area contributed by atoms with Gasteiger partial charge in [-0.15, -0.1) is 11.3 Å². The van der Waals surface area contributed by atoms with Gasteiger partial charge in [0.1, 0.15) is 0 Å². The molecule has 1 fully saturated rings. The van der Waals surface area contributed by atoms with Crippen LogP contribution in [-0.2, 0) is 4.74 Å². The van der Waals surface area contributed by atoms with Gasteiger partial charge in [0.25, 0.3) is 0 Å². The summed E-state index contributed by atoms with van der Waals surface area (Å²) in [6.45, 7) is 2.82. The summed E-state index contributed by atoms with van der Waals surface area (Å²) in [5.41, 5.74) is 8.85. The van der Waals surface area contributed by atoms with Gasteiger partial charge in [-0.1, -0.05) is 0 Å². The largest absolute Gasteiger partial charge is 0.397 e. The number of aromatic nitrogens is 1. The van der Waals surface area contributed by atoms with Crippen LogP contribution in [0.3, 0.4) is 0 Å². The van der Waals surface area contributed by atoms with E-state index in [1.54, 1.807) is 18.4 Å². The van der Waals surface area contributed by atoms with Crippen molar-refractivity contribution in [2.24, 2.45) is 0 Å². The fourth-order valence-electron chi connectivity index (χ4n) is 2.54. The number of rotatable bonds is 4. The molecular formula is C14H19N3OS. The van der Waals surface area contributed by atoms with Crippen LogP contribution < -0.4 is 11.1 Å². The van der Waals surface area contributed by atoms with Crippen LogP contribution in [0.1, 0.15) is 24.3 Å². The predicted octanol–water partition coefficient (Wildman–Crippen LogP) is 3.17. The highest BCUT2D eigenvalue weighted by atomic mass is 32.1. The molecule has 0 aliphatic heterocycles. The summed E-state index contributed by atoms with van der Waals surface area (Å²) < 4.78 is 6.75. The lowest BCUT2D eigenvalue weighted by Crippen LogP contribution is -2.45. The van der Waals surface area contributed by atoms with E-state index < -0.39 is 0 Å². The zero-order valence-corrected chi connectivity index (χ0v) is 12.1. The lowest BCUT2D eigenvalue weighted by atomic mass is 9.80. The van der Waals surface area contributed by atoms with Crippen molar-refractivity contribution >= 4 is 32.9 Å². The van der Waals surface area contributed by atoms with Crippen LogP contribution in [0.25, 0.3) is 10.2 Å². The molecule has 1 aliphatic rings. The van der Waals surface area contributed by atoms with Crippen molar-refractivity contribution in [2.45, 2.75) is 31.8 Å². The highest BCUT2D eigenvalue weighted by Gasteiger charge is 2.36. The Morgan fingerprint density at radius 1 is 1.47 bits per heavy atom. The van der Waals surface area contributed by atoms with Crippen LogP contribution in [0.4, 0.5) is 11.4 Å². The molecule has 1 aromatic heterocycles. The number of hydrogen-bond acceptors (Lipinski definition) is 5. The summed E-state index contributed by atoms with van der Waals surface area (Å²) in [5.74, 6) is 0. The van der Waals surface area contributed by atoms with Crippen LogP contribution in [0, 0.1) is 6.92 Å². The van der Waals surface area contributed by atoms with Crippen molar-refractivity contribution in [3.63, 3.8) is 0 Å². The van der Waals surface area contributed by atoms with Gasteiger partial charge in [0, 0.05) is 13.7 Å². The van der Waals surface area contributed by atoms with Crippen LogP contribution in [0.15, 0.2) is 12.1 Å². The van der Waals surface area contributed by atoms with E-state index in [1.165, 1.54) is 6.42 Å². The number of ether oxygens (including phenoxy) is 1. The molecular weight excluding hydrogens is 258 g/mol. The predicted molar refractivity (Wildman–Crippen MR) is 80.9 cm³/mol. The topological polar surface area (TPSA) is 60.2 Å². The van der Waals surface area contributed by atoms with Crippen molar-refractivity contribution in [1.82, 2.24) is 4.98 Å². The van der Waals surface area contributed by atoms with E-state index in [4.69, 9.17) is 10.5 Å². The molecule has 0 amide bonds. The van der Waals surface area contributed by atoms with Crippen LogP contribution >= 0.6 is 11.3 Å². The second-order valence-corrected chi connectivity index (χ2v) is 6.47. The molecule has 0 atom stereocenters. The van der Waals surface area contributed by atoms with E-state index in [1.807, 2.05) is 19.1 Å². The van der Waals surface area contributed by atoms with Gasteiger partial charge < -0.3 is 15.8 Å². The number of aryl methyl sites for hydroxylation is 1. The summed E-state index contributed by atoms with van der Waals surface area (Å²) in [6.07, 6.45) is 3.48. The Bertz CT molecular complexity index is 598. The average molecular weight is 277 g/mol. The number of anilines is 2. The van der Waals surface area contributed by atoms with Gasteiger partial charge >= 0.3 is 0 Å². The number of benzene rings is 1. The lowest BCUT2D eigenvalue weighted by molar-refractivity contribution is -0.0601. The minimum absolute atomic E-state index is 0.000607. The molecule has 0 saturated heterocycles. The van der Waals surface area contributed by atoms with Gasteiger partial charge in [0.2, 0.25) is 0 Å². The monoisotopic (exact) mass is 277 g/mol. The summed E-state index contributed by atoms with van der Waals surface area (Å²) in [6, 6.07) is 4.04. The Kier molecular flexibility index (Phi) is 3.11. The van der Waals surface area contributed by atoms with Gasteiger partial charge in [0.15, 0.2) is 0 Å². The maximum atomic E-state index is 6.10. The maximum Gasteiger partial charge on any atom is 0.0907 e. The number of nitrogens with two attached hydrogens (primary N) is 1. The number of hydrogen-bond donors (Lipinski definition) is 2.